The lowest BCUT2D eigenvalue weighted by Gasteiger charge is -2.41. The van der Waals surface area contributed by atoms with Gasteiger partial charge in [0.25, 0.3) is 0 Å². The zero-order valence-corrected chi connectivity index (χ0v) is 20.5. The maximum atomic E-state index is 13.2. The Morgan fingerprint density at radius 2 is 1.84 bits per heavy atom. The van der Waals surface area contributed by atoms with Crippen molar-refractivity contribution in [2.75, 3.05) is 51.3 Å². The Morgan fingerprint density at radius 1 is 1.11 bits per heavy atom. The second kappa shape index (κ2) is 12.0. The first-order valence-electron chi connectivity index (χ1n) is 12.3. The number of amides is 1. The molecule has 1 atom stereocenters. The van der Waals surface area contributed by atoms with E-state index in [1.165, 1.54) is 24.3 Å². The molecule has 0 saturated carbocycles. The smallest absolute Gasteiger partial charge is 0.471 e. The third-order valence-corrected chi connectivity index (χ3v) is 6.42. The van der Waals surface area contributed by atoms with Crippen molar-refractivity contribution in [2.24, 2.45) is 0 Å². The average molecular weight is 522 g/mol. The van der Waals surface area contributed by atoms with Gasteiger partial charge in [0, 0.05) is 37.9 Å². The number of ether oxygens (including phenoxy) is 2. The maximum absolute atomic E-state index is 13.2. The molecule has 0 aromatic heterocycles. The largest absolute Gasteiger partial charge is 0.493 e. The standard InChI is InChI=1S/C27H31F4N3O3/c28-22-7-5-20(6-8-22)16-26(33-25(35)27(29,30)31)17-21(18-26)19-32-23-3-1-4-24(15-23)37-12-2-9-34-10-13-36-14-11-34/h1,3-8,15,17,32H,2,9-14,16,18-19H2,(H,33,35). The van der Waals surface area contributed by atoms with Crippen molar-refractivity contribution >= 4 is 11.6 Å². The summed E-state index contributed by atoms with van der Waals surface area (Å²) in [6.07, 6.45) is -2.05. The van der Waals surface area contributed by atoms with Crippen molar-refractivity contribution in [3.63, 3.8) is 0 Å². The normalized spacial score (nSPS) is 20.1. The van der Waals surface area contributed by atoms with Crippen molar-refractivity contribution in [1.29, 1.82) is 0 Å². The molecule has 2 aromatic rings. The number of nitrogens with one attached hydrogen (secondary N) is 2. The number of nitrogens with zero attached hydrogens (tertiary/aromatic N) is 1. The molecule has 1 aliphatic heterocycles. The molecule has 2 aliphatic rings. The fourth-order valence-electron chi connectivity index (χ4n) is 4.60. The number of alkyl halides is 3. The predicted octanol–water partition coefficient (Wildman–Crippen LogP) is 4.33. The van der Waals surface area contributed by atoms with Gasteiger partial charge in [-0.15, -0.1) is 0 Å². The molecule has 4 rings (SSSR count). The van der Waals surface area contributed by atoms with E-state index < -0.39 is 23.4 Å². The van der Waals surface area contributed by atoms with E-state index in [2.05, 4.69) is 15.5 Å². The molecule has 200 valence electrons. The molecule has 6 nitrogen and oxygen atoms in total. The number of morpholine rings is 1. The molecule has 1 fully saturated rings. The van der Waals surface area contributed by atoms with Crippen LogP contribution in [0.1, 0.15) is 18.4 Å². The fourth-order valence-corrected chi connectivity index (χ4v) is 4.60. The van der Waals surface area contributed by atoms with Crippen LogP contribution in [0.15, 0.2) is 60.2 Å². The summed E-state index contributed by atoms with van der Waals surface area (Å²) in [4.78, 5) is 14.0. The summed E-state index contributed by atoms with van der Waals surface area (Å²) >= 11 is 0. The SMILES string of the molecule is O=C(NC1(Cc2ccc(F)cc2)C=C(CNc2cccc(OCCCN3CCOCC3)c2)C1)C(F)(F)F. The van der Waals surface area contributed by atoms with Crippen LogP contribution in [0, 0.1) is 5.82 Å². The second-order valence-electron chi connectivity index (χ2n) is 9.43. The highest BCUT2D eigenvalue weighted by Crippen LogP contribution is 2.35. The molecule has 1 unspecified atom stereocenters. The monoisotopic (exact) mass is 521 g/mol. The van der Waals surface area contributed by atoms with Crippen LogP contribution in [-0.4, -0.2) is 68.5 Å². The van der Waals surface area contributed by atoms with E-state index >= 15 is 0 Å². The Labute approximate surface area is 213 Å². The molecule has 1 heterocycles. The highest BCUT2D eigenvalue weighted by atomic mass is 19.4. The summed E-state index contributed by atoms with van der Waals surface area (Å²) in [5, 5.41) is 5.40. The minimum atomic E-state index is -4.99. The summed E-state index contributed by atoms with van der Waals surface area (Å²) < 4.78 is 63.3. The van der Waals surface area contributed by atoms with E-state index in [4.69, 9.17) is 9.47 Å². The lowest BCUT2D eigenvalue weighted by molar-refractivity contribution is -0.175. The van der Waals surface area contributed by atoms with Gasteiger partial charge in [-0.25, -0.2) is 4.39 Å². The van der Waals surface area contributed by atoms with Crippen molar-refractivity contribution in [3.8, 4) is 5.75 Å². The number of carbonyl (C=O) groups is 1. The van der Waals surface area contributed by atoms with E-state index in [0.29, 0.717) is 18.7 Å². The third-order valence-electron chi connectivity index (χ3n) is 6.42. The van der Waals surface area contributed by atoms with Crippen molar-refractivity contribution < 1.29 is 31.8 Å². The van der Waals surface area contributed by atoms with Gasteiger partial charge < -0.3 is 20.1 Å². The fraction of sp³-hybridized carbons (Fsp3) is 0.444. The summed E-state index contributed by atoms with van der Waals surface area (Å²) in [5.41, 5.74) is 1.14. The number of carbonyl (C=O) groups excluding carboxylic acids is 1. The Kier molecular flexibility index (Phi) is 8.71. The Bertz CT molecular complexity index is 1090. The number of halogens is 4. The lowest BCUT2D eigenvalue weighted by atomic mass is 9.74. The molecule has 37 heavy (non-hydrogen) atoms. The number of rotatable bonds is 11. The number of hydrogen-bond donors (Lipinski definition) is 2. The van der Waals surface area contributed by atoms with Crippen molar-refractivity contribution in [1.82, 2.24) is 10.2 Å². The van der Waals surface area contributed by atoms with E-state index in [-0.39, 0.29) is 12.8 Å². The van der Waals surface area contributed by atoms with Gasteiger partial charge in [0.15, 0.2) is 0 Å². The summed E-state index contributed by atoms with van der Waals surface area (Å²) in [6.45, 7) is 5.39. The van der Waals surface area contributed by atoms with Crippen LogP contribution in [0.25, 0.3) is 0 Å². The molecule has 2 aromatic carbocycles. The number of benzene rings is 2. The van der Waals surface area contributed by atoms with Crippen LogP contribution in [0.4, 0.5) is 23.2 Å². The summed E-state index contributed by atoms with van der Waals surface area (Å²) in [7, 11) is 0. The van der Waals surface area contributed by atoms with E-state index in [1.54, 1.807) is 6.08 Å². The summed E-state index contributed by atoms with van der Waals surface area (Å²) in [6, 6.07) is 13.0. The third kappa shape index (κ3) is 7.93. The topological polar surface area (TPSA) is 62.8 Å². The van der Waals surface area contributed by atoms with Crippen LogP contribution in [0.3, 0.4) is 0 Å². The highest BCUT2D eigenvalue weighted by Gasteiger charge is 2.46. The molecule has 1 amide bonds. The molecule has 2 N–H and O–H groups in total. The first-order valence-corrected chi connectivity index (χ1v) is 12.3. The molecule has 0 spiro atoms. The first kappa shape index (κ1) is 26.9. The average Bonchev–Trinajstić information content (AvgIpc) is 2.85. The van der Waals surface area contributed by atoms with Gasteiger partial charge in [0.1, 0.15) is 11.6 Å². The minimum absolute atomic E-state index is 0.131. The van der Waals surface area contributed by atoms with E-state index in [0.717, 1.165) is 56.3 Å². The zero-order chi connectivity index (χ0) is 26.3. The zero-order valence-electron chi connectivity index (χ0n) is 20.5. The maximum Gasteiger partial charge on any atom is 0.471 e. The van der Waals surface area contributed by atoms with Gasteiger partial charge in [0.2, 0.25) is 0 Å². The molecule has 1 saturated heterocycles. The molecule has 10 heteroatoms. The number of anilines is 1. The Hall–Kier alpha value is -3.11. The Morgan fingerprint density at radius 3 is 2.54 bits per heavy atom. The van der Waals surface area contributed by atoms with Crippen LogP contribution >= 0.6 is 0 Å². The predicted molar refractivity (Wildman–Crippen MR) is 132 cm³/mol. The van der Waals surface area contributed by atoms with Gasteiger partial charge in [-0.05, 0) is 49.1 Å². The first-order chi connectivity index (χ1) is 17.7. The highest BCUT2D eigenvalue weighted by molar-refractivity contribution is 5.83. The minimum Gasteiger partial charge on any atom is -0.493 e. The lowest BCUT2D eigenvalue weighted by Crippen LogP contribution is -2.57. The molecule has 0 radical (unpaired) electrons. The van der Waals surface area contributed by atoms with Gasteiger partial charge in [0.05, 0.1) is 25.4 Å². The van der Waals surface area contributed by atoms with Crippen LogP contribution in [0.2, 0.25) is 0 Å². The number of hydrogen-bond acceptors (Lipinski definition) is 5. The van der Waals surface area contributed by atoms with Crippen LogP contribution in [0.5, 0.6) is 5.75 Å². The van der Waals surface area contributed by atoms with E-state index in [9.17, 15) is 22.4 Å². The van der Waals surface area contributed by atoms with Crippen LogP contribution < -0.4 is 15.4 Å². The second-order valence-corrected chi connectivity index (χ2v) is 9.43. The quantitative estimate of drug-likeness (QED) is 0.262. The summed E-state index contributed by atoms with van der Waals surface area (Å²) in [5.74, 6) is -1.69. The molecule has 0 bridgehead atoms. The van der Waals surface area contributed by atoms with Crippen LogP contribution in [-0.2, 0) is 16.0 Å². The van der Waals surface area contributed by atoms with Crippen molar-refractivity contribution in [2.45, 2.75) is 31.0 Å². The van der Waals surface area contributed by atoms with Gasteiger partial charge in [-0.2, -0.15) is 13.2 Å². The van der Waals surface area contributed by atoms with Crippen molar-refractivity contribution in [3.05, 3.63) is 71.6 Å². The Balaban J connectivity index is 1.30. The van der Waals surface area contributed by atoms with Gasteiger partial charge in [-0.1, -0.05) is 29.8 Å². The molecule has 1 aliphatic carbocycles. The van der Waals surface area contributed by atoms with Gasteiger partial charge >= 0.3 is 12.1 Å². The van der Waals surface area contributed by atoms with Gasteiger partial charge in [-0.3, -0.25) is 9.69 Å². The van der Waals surface area contributed by atoms with E-state index in [1.807, 2.05) is 24.3 Å². The molecular weight excluding hydrogens is 490 g/mol. The molecular formula is C27H31F4N3O3.